The zero-order chi connectivity index (χ0) is 22.5. The van der Waals surface area contributed by atoms with Crippen LogP contribution in [-0.4, -0.2) is 49.5 Å². The maximum atomic E-state index is 14.3. The number of hydroxylamine groups is 2. The van der Waals surface area contributed by atoms with E-state index in [1.54, 1.807) is 19.1 Å². The molecule has 0 aromatic heterocycles. The molecule has 0 spiro atoms. The molecule has 2 fully saturated rings. The van der Waals surface area contributed by atoms with Gasteiger partial charge in [0.2, 0.25) is 14.2 Å². The van der Waals surface area contributed by atoms with E-state index in [-0.39, 0.29) is 5.04 Å². The second kappa shape index (κ2) is 7.62. The van der Waals surface area contributed by atoms with E-state index in [9.17, 15) is 14.0 Å². The number of halogens is 1. The number of hydrogen-bond acceptors (Lipinski definition) is 5. The number of carbonyl (C=O) groups is 2. The molecule has 2 amide bonds. The molecule has 2 N–H and O–H groups in total. The Balaban J connectivity index is 2.23. The van der Waals surface area contributed by atoms with Gasteiger partial charge in [0, 0.05) is 18.7 Å². The molecule has 3 unspecified atom stereocenters. The number of cyclic esters (lactones) is 1. The Bertz CT molecular complexity index is 840. The van der Waals surface area contributed by atoms with Gasteiger partial charge in [0.1, 0.15) is 5.82 Å². The lowest BCUT2D eigenvalue weighted by atomic mass is 9.83. The van der Waals surface area contributed by atoms with Crippen molar-refractivity contribution >= 4 is 20.3 Å². The molecule has 7 nitrogen and oxygen atoms in total. The summed E-state index contributed by atoms with van der Waals surface area (Å²) in [4.78, 5) is 27.3. The van der Waals surface area contributed by atoms with Crippen molar-refractivity contribution in [3.8, 4) is 0 Å². The van der Waals surface area contributed by atoms with Crippen LogP contribution < -0.4 is 5.73 Å². The normalized spacial score (nSPS) is 26.3. The van der Waals surface area contributed by atoms with Gasteiger partial charge in [-0.1, -0.05) is 32.9 Å². The SMILES string of the molecule is CC(C(N)=O)C1OC(=O)N(O[Si](C)(C)C(C)(C)C)C1(c1cccc(F)c1)N1CCC1. The summed E-state index contributed by atoms with van der Waals surface area (Å²) in [5.41, 5.74) is 4.85. The third kappa shape index (κ3) is 3.52. The van der Waals surface area contributed by atoms with Crippen molar-refractivity contribution < 1.29 is 23.2 Å². The van der Waals surface area contributed by atoms with Crippen LogP contribution in [0.25, 0.3) is 0 Å². The van der Waals surface area contributed by atoms with Gasteiger partial charge < -0.3 is 15.0 Å². The summed E-state index contributed by atoms with van der Waals surface area (Å²) in [6.07, 6.45) is -0.708. The highest BCUT2D eigenvalue weighted by Crippen LogP contribution is 2.50. The smallest absolute Gasteiger partial charge is 0.435 e. The van der Waals surface area contributed by atoms with Gasteiger partial charge in [0.05, 0.1) is 5.92 Å². The molecule has 1 aromatic carbocycles. The van der Waals surface area contributed by atoms with Gasteiger partial charge in [-0.2, -0.15) is 5.06 Å². The molecule has 2 saturated heterocycles. The van der Waals surface area contributed by atoms with Gasteiger partial charge in [-0.05, 0) is 43.6 Å². The van der Waals surface area contributed by atoms with Crippen molar-refractivity contribution in [3.63, 3.8) is 0 Å². The fourth-order valence-electron chi connectivity index (χ4n) is 3.71. The number of benzene rings is 1. The first-order valence-electron chi connectivity index (χ1n) is 10.3. The van der Waals surface area contributed by atoms with Crippen molar-refractivity contribution in [2.75, 3.05) is 13.1 Å². The highest BCUT2D eigenvalue weighted by molar-refractivity contribution is 6.74. The number of likely N-dealkylation sites (tertiary alicyclic amines) is 1. The zero-order valence-electron chi connectivity index (χ0n) is 18.6. The lowest BCUT2D eigenvalue weighted by Gasteiger charge is -2.53. The Labute approximate surface area is 178 Å². The molecule has 0 bridgehead atoms. The molecule has 0 aliphatic carbocycles. The largest absolute Gasteiger partial charge is 0.439 e. The minimum absolute atomic E-state index is 0.191. The minimum Gasteiger partial charge on any atom is -0.439 e. The molecule has 2 heterocycles. The number of nitrogens with two attached hydrogens (primary N) is 1. The van der Waals surface area contributed by atoms with Gasteiger partial charge in [-0.3, -0.25) is 9.69 Å². The monoisotopic (exact) mass is 437 g/mol. The Morgan fingerprint density at radius 2 is 2.00 bits per heavy atom. The van der Waals surface area contributed by atoms with E-state index >= 15 is 0 Å². The summed E-state index contributed by atoms with van der Waals surface area (Å²) in [5.74, 6) is -1.83. The topological polar surface area (TPSA) is 85.1 Å². The molecule has 1 aromatic rings. The predicted molar refractivity (Wildman–Crippen MR) is 113 cm³/mol. The number of carbonyl (C=O) groups excluding carboxylic acids is 2. The van der Waals surface area contributed by atoms with Crippen molar-refractivity contribution in [3.05, 3.63) is 35.6 Å². The Hall–Kier alpha value is -1.97. The van der Waals surface area contributed by atoms with Crippen LogP contribution in [0.4, 0.5) is 9.18 Å². The average molecular weight is 438 g/mol. The number of amides is 2. The molecule has 3 rings (SSSR count). The summed E-state index contributed by atoms with van der Waals surface area (Å²) in [7, 11) is -2.48. The van der Waals surface area contributed by atoms with Gasteiger partial charge >= 0.3 is 6.09 Å². The molecule has 0 radical (unpaired) electrons. The van der Waals surface area contributed by atoms with Crippen molar-refractivity contribution in [1.82, 2.24) is 9.96 Å². The third-order valence-electron chi connectivity index (χ3n) is 6.72. The number of nitrogens with zero attached hydrogens (tertiary/aromatic N) is 2. The van der Waals surface area contributed by atoms with E-state index in [1.165, 1.54) is 17.2 Å². The standard InChI is InChI=1S/C21H32FN3O4Si/c1-14(18(23)26)17-21(24-11-8-12-24,15-9-7-10-16(22)13-15)25(19(27)28-17)29-30(5,6)20(2,3)4/h7,9-10,13-14,17H,8,11-12H2,1-6H3,(H2,23,26). The maximum absolute atomic E-state index is 14.3. The fraction of sp³-hybridized carbons (Fsp3) is 0.619. The zero-order valence-corrected chi connectivity index (χ0v) is 19.6. The minimum atomic E-state index is -2.48. The van der Waals surface area contributed by atoms with Crippen molar-refractivity contribution in [1.29, 1.82) is 0 Å². The molecule has 3 atom stereocenters. The first-order chi connectivity index (χ1) is 13.8. The van der Waals surface area contributed by atoms with Crippen molar-refractivity contribution in [2.45, 2.75) is 64.0 Å². The first-order valence-corrected chi connectivity index (χ1v) is 13.2. The average Bonchev–Trinajstić information content (AvgIpc) is 2.85. The summed E-state index contributed by atoms with van der Waals surface area (Å²) < 4.78 is 26.6. The van der Waals surface area contributed by atoms with Gasteiger partial charge in [0.25, 0.3) is 0 Å². The predicted octanol–water partition coefficient (Wildman–Crippen LogP) is 3.56. The molecule has 0 saturated carbocycles. The number of rotatable bonds is 6. The molecular formula is C21H32FN3O4Si. The maximum Gasteiger partial charge on any atom is 0.435 e. The molecular weight excluding hydrogens is 405 g/mol. The van der Waals surface area contributed by atoms with Gasteiger partial charge in [-0.25, -0.2) is 9.18 Å². The lowest BCUT2D eigenvalue weighted by Crippen LogP contribution is -2.67. The molecule has 2 aliphatic rings. The Morgan fingerprint density at radius 1 is 1.37 bits per heavy atom. The number of ether oxygens (including phenoxy) is 1. The van der Waals surface area contributed by atoms with E-state index in [0.717, 1.165) is 6.42 Å². The van der Waals surface area contributed by atoms with E-state index in [2.05, 4.69) is 20.8 Å². The second-order valence-corrected chi connectivity index (χ2v) is 14.4. The van der Waals surface area contributed by atoms with Crippen LogP contribution in [0.1, 0.15) is 39.7 Å². The van der Waals surface area contributed by atoms with E-state index in [1.807, 2.05) is 18.0 Å². The van der Waals surface area contributed by atoms with E-state index < -0.39 is 43.8 Å². The number of primary amides is 1. The lowest BCUT2D eigenvalue weighted by molar-refractivity contribution is -0.201. The van der Waals surface area contributed by atoms with E-state index in [4.69, 9.17) is 15.0 Å². The number of hydrogen-bond donors (Lipinski definition) is 1. The van der Waals surface area contributed by atoms with Crippen LogP contribution in [0.2, 0.25) is 18.1 Å². The summed E-state index contributed by atoms with van der Waals surface area (Å²) in [5, 5.41) is 1.08. The highest BCUT2D eigenvalue weighted by atomic mass is 28.4. The van der Waals surface area contributed by atoms with Gasteiger partial charge in [0.15, 0.2) is 11.8 Å². The van der Waals surface area contributed by atoms with Crippen LogP contribution >= 0.6 is 0 Å². The van der Waals surface area contributed by atoms with Crippen molar-refractivity contribution in [2.24, 2.45) is 11.7 Å². The first kappa shape index (κ1) is 22.7. The fourth-order valence-corrected chi connectivity index (χ4v) is 4.66. The van der Waals surface area contributed by atoms with Crippen LogP contribution in [0, 0.1) is 11.7 Å². The summed E-state index contributed by atoms with van der Waals surface area (Å²) in [6.45, 7) is 13.2. The second-order valence-electron chi connectivity index (χ2n) is 9.72. The highest BCUT2D eigenvalue weighted by Gasteiger charge is 2.65. The van der Waals surface area contributed by atoms with Crippen LogP contribution in [0.15, 0.2) is 24.3 Å². The quantitative estimate of drug-likeness (QED) is 0.688. The molecule has 2 aliphatic heterocycles. The Kier molecular flexibility index (Phi) is 5.76. The van der Waals surface area contributed by atoms with E-state index in [0.29, 0.717) is 18.7 Å². The van der Waals surface area contributed by atoms with Crippen LogP contribution in [0.3, 0.4) is 0 Å². The Morgan fingerprint density at radius 3 is 2.47 bits per heavy atom. The van der Waals surface area contributed by atoms with Gasteiger partial charge in [-0.15, -0.1) is 0 Å². The molecule has 30 heavy (non-hydrogen) atoms. The summed E-state index contributed by atoms with van der Waals surface area (Å²) >= 11 is 0. The molecule has 166 valence electrons. The van der Waals surface area contributed by atoms with Crippen LogP contribution in [0.5, 0.6) is 0 Å². The third-order valence-corrected chi connectivity index (χ3v) is 11.0. The summed E-state index contributed by atoms with van der Waals surface area (Å²) in [6, 6.07) is 6.05. The van der Waals surface area contributed by atoms with Crippen LogP contribution in [-0.2, 0) is 19.7 Å². The molecule has 9 heteroatoms.